The average molecular weight is 263 g/mol. The number of allylic oxidation sites excluding steroid dienone is 2. The minimum atomic E-state index is 0.993. The van der Waals surface area contributed by atoms with Gasteiger partial charge in [-0.3, -0.25) is 4.99 Å². The molecule has 0 aliphatic rings. The third kappa shape index (κ3) is 4.51. The van der Waals surface area contributed by atoms with Gasteiger partial charge in [-0.05, 0) is 49.9 Å². The van der Waals surface area contributed by atoms with Gasteiger partial charge >= 0.3 is 0 Å². The zero-order valence-electron chi connectivity index (χ0n) is 12.2. The summed E-state index contributed by atoms with van der Waals surface area (Å²) in [5, 5.41) is 0. The van der Waals surface area contributed by atoms with Crippen LogP contribution in [0.3, 0.4) is 0 Å². The maximum Gasteiger partial charge on any atom is 0.0630 e. The zero-order chi connectivity index (χ0) is 14.2. The number of aryl methyl sites for hydroxylation is 2. The van der Waals surface area contributed by atoms with E-state index in [4.69, 9.17) is 0 Å². The van der Waals surface area contributed by atoms with E-state index >= 15 is 0 Å². The molecule has 0 heterocycles. The maximum absolute atomic E-state index is 4.49. The van der Waals surface area contributed by atoms with Crippen LogP contribution in [0.2, 0.25) is 0 Å². The van der Waals surface area contributed by atoms with Gasteiger partial charge in [0.15, 0.2) is 0 Å². The highest BCUT2D eigenvalue weighted by Gasteiger charge is 1.93. The lowest BCUT2D eigenvalue weighted by molar-refractivity contribution is 0.999. The Morgan fingerprint density at radius 1 is 0.950 bits per heavy atom. The summed E-state index contributed by atoms with van der Waals surface area (Å²) >= 11 is 0. The van der Waals surface area contributed by atoms with Crippen molar-refractivity contribution in [3.05, 3.63) is 77.4 Å². The number of benzene rings is 2. The van der Waals surface area contributed by atoms with E-state index in [1.165, 1.54) is 11.1 Å². The van der Waals surface area contributed by atoms with E-state index in [0.717, 1.165) is 24.1 Å². The summed E-state index contributed by atoms with van der Waals surface area (Å²) in [5.74, 6) is 0. The Kier molecular flexibility index (Phi) is 5.31. The fourth-order valence-electron chi connectivity index (χ4n) is 1.97. The molecule has 0 aliphatic heterocycles. The first-order valence-corrected chi connectivity index (χ1v) is 7.09. The van der Waals surface area contributed by atoms with Crippen LogP contribution in [0.25, 0.3) is 0 Å². The molecule has 0 atom stereocenters. The number of rotatable bonds is 5. The highest BCUT2D eigenvalue weighted by Crippen LogP contribution is 2.13. The molecule has 0 fully saturated rings. The highest BCUT2D eigenvalue weighted by molar-refractivity contribution is 5.81. The van der Waals surface area contributed by atoms with Crippen LogP contribution in [0.1, 0.15) is 30.0 Å². The zero-order valence-corrected chi connectivity index (χ0v) is 12.2. The molecule has 0 bridgehead atoms. The van der Waals surface area contributed by atoms with Crippen LogP contribution in [0.5, 0.6) is 0 Å². The van der Waals surface area contributed by atoms with Gasteiger partial charge in [-0.1, -0.05) is 54.1 Å². The second-order valence-electron chi connectivity index (χ2n) is 4.94. The van der Waals surface area contributed by atoms with Gasteiger partial charge in [0.1, 0.15) is 0 Å². The van der Waals surface area contributed by atoms with Crippen LogP contribution in [0, 0.1) is 6.92 Å². The van der Waals surface area contributed by atoms with Crippen molar-refractivity contribution in [2.24, 2.45) is 4.99 Å². The number of aliphatic imine (C=N–C) groups is 1. The first kappa shape index (κ1) is 14.3. The molecule has 1 nitrogen and oxygen atoms in total. The Morgan fingerprint density at radius 2 is 1.65 bits per heavy atom. The SMILES string of the molecule is C/C=C/CCc1ccc(C=Nc2ccc(C)cc2)cc1. The summed E-state index contributed by atoms with van der Waals surface area (Å²) < 4.78 is 0. The lowest BCUT2D eigenvalue weighted by Crippen LogP contribution is -1.85. The van der Waals surface area contributed by atoms with E-state index in [0.29, 0.717) is 0 Å². The molecule has 0 radical (unpaired) electrons. The Labute approximate surface area is 121 Å². The summed E-state index contributed by atoms with van der Waals surface area (Å²) in [6.45, 7) is 4.14. The molecule has 20 heavy (non-hydrogen) atoms. The topological polar surface area (TPSA) is 12.4 Å². The molecular weight excluding hydrogens is 242 g/mol. The van der Waals surface area contributed by atoms with Gasteiger partial charge in [0, 0.05) is 6.21 Å². The van der Waals surface area contributed by atoms with Crippen molar-refractivity contribution in [3.63, 3.8) is 0 Å². The van der Waals surface area contributed by atoms with Gasteiger partial charge in [0.25, 0.3) is 0 Å². The van der Waals surface area contributed by atoms with Crippen LogP contribution in [-0.4, -0.2) is 6.21 Å². The third-order valence-corrected chi connectivity index (χ3v) is 3.21. The van der Waals surface area contributed by atoms with Crippen LogP contribution in [-0.2, 0) is 6.42 Å². The van der Waals surface area contributed by atoms with Crippen molar-refractivity contribution >= 4 is 11.9 Å². The first-order chi connectivity index (χ1) is 9.78. The molecule has 2 rings (SSSR count). The van der Waals surface area contributed by atoms with E-state index < -0.39 is 0 Å². The van der Waals surface area contributed by atoms with Gasteiger partial charge in [-0.25, -0.2) is 0 Å². The molecule has 0 aliphatic carbocycles. The predicted octanol–water partition coefficient (Wildman–Crippen LogP) is 5.25. The Bertz CT molecular complexity index is 574. The van der Waals surface area contributed by atoms with Crippen LogP contribution < -0.4 is 0 Å². The number of hydrogen-bond acceptors (Lipinski definition) is 1. The van der Waals surface area contributed by atoms with Crippen LogP contribution in [0.4, 0.5) is 5.69 Å². The van der Waals surface area contributed by atoms with E-state index in [-0.39, 0.29) is 0 Å². The van der Waals surface area contributed by atoms with Gasteiger partial charge in [0.2, 0.25) is 0 Å². The van der Waals surface area contributed by atoms with E-state index in [9.17, 15) is 0 Å². The summed E-state index contributed by atoms with van der Waals surface area (Å²) in [6.07, 6.45) is 8.42. The minimum absolute atomic E-state index is 0.993. The molecule has 0 N–H and O–H groups in total. The van der Waals surface area contributed by atoms with Crippen molar-refractivity contribution in [3.8, 4) is 0 Å². The smallest absolute Gasteiger partial charge is 0.0630 e. The number of nitrogens with zero attached hydrogens (tertiary/aromatic N) is 1. The van der Waals surface area contributed by atoms with Crippen molar-refractivity contribution in [2.45, 2.75) is 26.7 Å². The van der Waals surface area contributed by atoms with Crippen LogP contribution in [0.15, 0.2) is 65.7 Å². The highest BCUT2D eigenvalue weighted by atomic mass is 14.7. The van der Waals surface area contributed by atoms with Gasteiger partial charge in [0.05, 0.1) is 5.69 Å². The molecule has 0 spiro atoms. The molecule has 0 saturated carbocycles. The largest absolute Gasteiger partial charge is 0.256 e. The Hall–Kier alpha value is -2.15. The van der Waals surface area contributed by atoms with Crippen molar-refractivity contribution in [2.75, 3.05) is 0 Å². The molecule has 2 aromatic rings. The quantitative estimate of drug-likeness (QED) is 0.516. The van der Waals surface area contributed by atoms with Gasteiger partial charge in [-0.2, -0.15) is 0 Å². The molecule has 0 amide bonds. The van der Waals surface area contributed by atoms with Crippen LogP contribution >= 0.6 is 0 Å². The second-order valence-corrected chi connectivity index (χ2v) is 4.94. The third-order valence-electron chi connectivity index (χ3n) is 3.21. The molecule has 102 valence electrons. The summed E-state index contributed by atoms with van der Waals surface area (Å²) in [4.78, 5) is 4.49. The van der Waals surface area contributed by atoms with E-state index in [1.54, 1.807) is 0 Å². The molecule has 2 aromatic carbocycles. The monoisotopic (exact) mass is 263 g/mol. The van der Waals surface area contributed by atoms with E-state index in [2.05, 4.69) is 67.4 Å². The molecule has 0 saturated heterocycles. The maximum atomic E-state index is 4.49. The standard InChI is InChI=1S/C19H21N/c1-3-4-5-6-17-9-11-18(12-10-17)15-20-19-13-7-16(2)8-14-19/h3-4,7-15H,5-6H2,1-2H3/b4-3+,20-15?. The second kappa shape index (κ2) is 7.44. The van der Waals surface area contributed by atoms with Crippen molar-refractivity contribution in [1.29, 1.82) is 0 Å². The minimum Gasteiger partial charge on any atom is -0.256 e. The number of hydrogen-bond donors (Lipinski definition) is 0. The summed E-state index contributed by atoms with van der Waals surface area (Å²) in [5.41, 5.74) is 4.76. The first-order valence-electron chi connectivity index (χ1n) is 7.09. The molecule has 1 heteroatoms. The molecular formula is C19H21N. The molecule has 0 aromatic heterocycles. The Balaban J connectivity index is 1.97. The van der Waals surface area contributed by atoms with Gasteiger partial charge in [-0.15, -0.1) is 0 Å². The lowest BCUT2D eigenvalue weighted by Gasteiger charge is -1.99. The Morgan fingerprint density at radius 3 is 2.30 bits per heavy atom. The fourth-order valence-corrected chi connectivity index (χ4v) is 1.97. The predicted molar refractivity (Wildman–Crippen MR) is 88.0 cm³/mol. The fraction of sp³-hybridized carbons (Fsp3) is 0.211. The summed E-state index contributed by atoms with van der Waals surface area (Å²) in [6, 6.07) is 16.9. The van der Waals surface area contributed by atoms with Crippen molar-refractivity contribution in [1.82, 2.24) is 0 Å². The molecule has 0 unspecified atom stereocenters. The van der Waals surface area contributed by atoms with Crippen molar-refractivity contribution < 1.29 is 0 Å². The normalized spacial score (nSPS) is 11.5. The van der Waals surface area contributed by atoms with Gasteiger partial charge < -0.3 is 0 Å². The summed E-state index contributed by atoms with van der Waals surface area (Å²) in [7, 11) is 0. The lowest BCUT2D eigenvalue weighted by atomic mass is 10.1. The van der Waals surface area contributed by atoms with E-state index in [1.807, 2.05) is 18.3 Å². The average Bonchev–Trinajstić information content (AvgIpc) is 2.48.